The summed E-state index contributed by atoms with van der Waals surface area (Å²) in [6.45, 7) is 5.31. The molecule has 6 rings (SSSR count). The first-order chi connectivity index (χ1) is 13.4. The normalized spacial score (nSPS) is 34.0. The summed E-state index contributed by atoms with van der Waals surface area (Å²) in [5.74, 6) is 5.67. The van der Waals surface area contributed by atoms with Gasteiger partial charge < -0.3 is 14.7 Å². The van der Waals surface area contributed by atoms with E-state index in [1.165, 1.54) is 19.3 Å². The van der Waals surface area contributed by atoms with Crippen LogP contribution in [0.15, 0.2) is 6.07 Å². The smallest absolute Gasteiger partial charge is 0.228 e. The molecule has 0 radical (unpaired) electrons. The zero-order chi connectivity index (χ0) is 19.5. The zero-order valence-electron chi connectivity index (χ0n) is 17.5. The van der Waals surface area contributed by atoms with Gasteiger partial charge in [-0.3, -0.25) is 4.79 Å². The Morgan fingerprint density at radius 2 is 1.57 bits per heavy atom. The van der Waals surface area contributed by atoms with Crippen molar-refractivity contribution < 1.29 is 4.79 Å². The van der Waals surface area contributed by atoms with E-state index < -0.39 is 0 Å². The molecule has 0 spiro atoms. The maximum atomic E-state index is 13.6. The van der Waals surface area contributed by atoms with Crippen molar-refractivity contribution in [2.45, 2.75) is 45.4 Å². The standard InChI is InChI=1S/C22H33N5O/c1-15-23-19(25(2)3)11-20(24-15)26-4-6-27(7-5-26)21(28)22-12-16-8-17(13-22)10-18(9-16)14-22/h11,16-18H,4-10,12-14H2,1-3H3. The molecule has 1 amide bonds. The molecule has 4 saturated carbocycles. The number of nitrogens with zero attached hydrogens (tertiary/aromatic N) is 5. The molecule has 28 heavy (non-hydrogen) atoms. The van der Waals surface area contributed by atoms with Crippen molar-refractivity contribution in [2.75, 3.05) is 50.1 Å². The van der Waals surface area contributed by atoms with Crippen LogP contribution in [-0.2, 0) is 4.79 Å². The summed E-state index contributed by atoms with van der Waals surface area (Å²) in [6.07, 6.45) is 7.66. The van der Waals surface area contributed by atoms with Gasteiger partial charge in [0, 0.05) is 46.3 Å². The highest BCUT2D eigenvalue weighted by Crippen LogP contribution is 2.60. The first-order valence-electron chi connectivity index (χ1n) is 11.0. The van der Waals surface area contributed by atoms with Crippen LogP contribution >= 0.6 is 0 Å². The van der Waals surface area contributed by atoms with Crippen molar-refractivity contribution in [2.24, 2.45) is 23.2 Å². The predicted molar refractivity (Wildman–Crippen MR) is 110 cm³/mol. The Balaban J connectivity index is 1.27. The summed E-state index contributed by atoms with van der Waals surface area (Å²) in [7, 11) is 4.02. The van der Waals surface area contributed by atoms with Crippen molar-refractivity contribution in [3.8, 4) is 0 Å². The lowest BCUT2D eigenvalue weighted by molar-refractivity contribution is -0.158. The van der Waals surface area contributed by atoms with E-state index in [4.69, 9.17) is 0 Å². The molecule has 0 N–H and O–H groups in total. The summed E-state index contributed by atoms with van der Waals surface area (Å²) in [5.41, 5.74) is -0.0134. The molecule has 1 aliphatic heterocycles. The second-order valence-electron chi connectivity index (χ2n) is 10.0. The highest BCUT2D eigenvalue weighted by atomic mass is 16.2. The van der Waals surface area contributed by atoms with E-state index in [-0.39, 0.29) is 5.41 Å². The molecular formula is C22H33N5O. The lowest BCUT2D eigenvalue weighted by atomic mass is 9.49. The number of carbonyl (C=O) groups is 1. The molecule has 1 aromatic heterocycles. The summed E-state index contributed by atoms with van der Waals surface area (Å²) in [5, 5.41) is 0. The van der Waals surface area contributed by atoms with Crippen LogP contribution in [0, 0.1) is 30.1 Å². The first-order valence-corrected chi connectivity index (χ1v) is 11.0. The lowest BCUT2D eigenvalue weighted by Crippen LogP contribution is -2.58. The second kappa shape index (κ2) is 6.60. The average molecular weight is 384 g/mol. The monoisotopic (exact) mass is 383 g/mol. The molecule has 6 heteroatoms. The number of hydrogen-bond donors (Lipinski definition) is 0. The highest BCUT2D eigenvalue weighted by Gasteiger charge is 2.55. The van der Waals surface area contributed by atoms with Crippen molar-refractivity contribution in [3.05, 3.63) is 11.9 Å². The molecule has 4 bridgehead atoms. The maximum Gasteiger partial charge on any atom is 0.228 e. The van der Waals surface area contributed by atoms with Gasteiger partial charge in [0.25, 0.3) is 0 Å². The van der Waals surface area contributed by atoms with E-state index >= 15 is 0 Å². The van der Waals surface area contributed by atoms with Gasteiger partial charge in [-0.05, 0) is 63.2 Å². The fraction of sp³-hybridized carbons (Fsp3) is 0.773. The van der Waals surface area contributed by atoms with Crippen LogP contribution < -0.4 is 9.80 Å². The van der Waals surface area contributed by atoms with Crippen molar-refractivity contribution in [1.82, 2.24) is 14.9 Å². The van der Waals surface area contributed by atoms with E-state index in [1.807, 2.05) is 25.9 Å². The number of aryl methyl sites for hydroxylation is 1. The average Bonchev–Trinajstić information content (AvgIpc) is 2.66. The highest BCUT2D eigenvalue weighted by molar-refractivity contribution is 5.83. The molecule has 4 aliphatic carbocycles. The Morgan fingerprint density at radius 3 is 2.11 bits per heavy atom. The third-order valence-electron chi connectivity index (χ3n) is 7.65. The van der Waals surface area contributed by atoms with Gasteiger partial charge in [0.1, 0.15) is 17.5 Å². The molecule has 152 valence electrons. The third kappa shape index (κ3) is 3.05. The maximum absolute atomic E-state index is 13.6. The van der Waals surface area contributed by atoms with Crippen LogP contribution in [0.1, 0.15) is 44.3 Å². The molecule has 0 aromatic carbocycles. The molecule has 1 aromatic rings. The van der Waals surface area contributed by atoms with Gasteiger partial charge in [-0.1, -0.05) is 0 Å². The molecule has 1 saturated heterocycles. The molecule has 5 aliphatic rings. The molecule has 6 nitrogen and oxygen atoms in total. The topological polar surface area (TPSA) is 52.6 Å². The van der Waals surface area contributed by atoms with Gasteiger partial charge in [-0.15, -0.1) is 0 Å². The van der Waals surface area contributed by atoms with Gasteiger partial charge in [-0.25, -0.2) is 9.97 Å². The third-order valence-corrected chi connectivity index (χ3v) is 7.65. The lowest BCUT2D eigenvalue weighted by Gasteiger charge is -2.57. The van der Waals surface area contributed by atoms with E-state index in [2.05, 4.69) is 25.8 Å². The number of amides is 1. The Kier molecular flexibility index (Phi) is 4.29. The van der Waals surface area contributed by atoms with Gasteiger partial charge in [0.15, 0.2) is 0 Å². The van der Waals surface area contributed by atoms with Crippen LogP contribution in [0.25, 0.3) is 0 Å². The molecule has 5 fully saturated rings. The summed E-state index contributed by atoms with van der Waals surface area (Å²) < 4.78 is 0. The van der Waals surface area contributed by atoms with Crippen LogP contribution in [0.5, 0.6) is 0 Å². The number of anilines is 2. The largest absolute Gasteiger partial charge is 0.363 e. The van der Waals surface area contributed by atoms with Gasteiger partial charge >= 0.3 is 0 Å². The van der Waals surface area contributed by atoms with Crippen molar-refractivity contribution in [3.63, 3.8) is 0 Å². The second-order valence-corrected chi connectivity index (χ2v) is 10.0. The summed E-state index contributed by atoms with van der Waals surface area (Å²) in [4.78, 5) is 29.2. The van der Waals surface area contributed by atoms with E-state index in [1.54, 1.807) is 0 Å². The predicted octanol–water partition coefficient (Wildman–Crippen LogP) is 2.72. The van der Waals surface area contributed by atoms with Crippen LogP contribution in [-0.4, -0.2) is 61.0 Å². The Bertz CT molecular complexity index is 733. The Hall–Kier alpha value is -1.85. The fourth-order valence-corrected chi connectivity index (χ4v) is 6.77. The number of aromatic nitrogens is 2. The molecular weight excluding hydrogens is 350 g/mol. The summed E-state index contributed by atoms with van der Waals surface area (Å²) in [6, 6.07) is 2.06. The number of carbonyl (C=O) groups excluding carboxylic acids is 1. The quantitative estimate of drug-likeness (QED) is 0.803. The van der Waals surface area contributed by atoms with Crippen LogP contribution in [0.3, 0.4) is 0 Å². The SMILES string of the molecule is Cc1nc(N(C)C)cc(N2CCN(C(=O)C34CC5CC(CC(C5)C3)C4)CC2)n1. The molecule has 2 heterocycles. The van der Waals surface area contributed by atoms with Crippen molar-refractivity contribution >= 4 is 17.5 Å². The van der Waals surface area contributed by atoms with E-state index in [0.29, 0.717) is 5.91 Å². The minimum atomic E-state index is -0.0134. The van der Waals surface area contributed by atoms with E-state index in [0.717, 1.165) is 80.7 Å². The number of hydrogen-bond acceptors (Lipinski definition) is 5. The van der Waals surface area contributed by atoms with Gasteiger partial charge in [0.2, 0.25) is 5.91 Å². The minimum Gasteiger partial charge on any atom is -0.363 e. The minimum absolute atomic E-state index is 0.0134. The van der Waals surface area contributed by atoms with Crippen molar-refractivity contribution in [1.29, 1.82) is 0 Å². The van der Waals surface area contributed by atoms with Gasteiger partial charge in [0.05, 0.1) is 5.41 Å². The van der Waals surface area contributed by atoms with Gasteiger partial charge in [-0.2, -0.15) is 0 Å². The first kappa shape index (κ1) is 18.2. The van der Waals surface area contributed by atoms with Crippen LogP contribution in [0.2, 0.25) is 0 Å². The summed E-state index contributed by atoms with van der Waals surface area (Å²) >= 11 is 0. The van der Waals surface area contributed by atoms with E-state index in [9.17, 15) is 4.79 Å². The molecule has 0 unspecified atom stereocenters. The fourth-order valence-electron chi connectivity index (χ4n) is 6.77. The van der Waals surface area contributed by atoms with Crippen LogP contribution in [0.4, 0.5) is 11.6 Å². The number of rotatable bonds is 3. The molecule has 0 atom stereocenters. The zero-order valence-corrected chi connectivity index (χ0v) is 17.5. The number of piperazine rings is 1. The Labute approximate surface area is 168 Å². The Morgan fingerprint density at radius 1 is 1.00 bits per heavy atom.